The normalized spacial score (nSPS) is 20.5. The molecule has 0 spiro atoms. The van der Waals surface area contributed by atoms with Crippen molar-refractivity contribution in [2.75, 3.05) is 52.9 Å². The van der Waals surface area contributed by atoms with Gasteiger partial charge in [0.15, 0.2) is 6.61 Å². The molecule has 13 nitrogen and oxygen atoms in total. The Labute approximate surface area is 273 Å². The standard InChI is InChI=1S/C34H40N6O7/c1-21-28(22(2)47-37-21)8-9-32(42)40-18-29-30(19-40)46-26-6-4-23(5-7-26)17-35-31(41)20-45-27-15-24(33(43)36-29)14-25(16-27)34(44)39-12-10-38(3)11-13-39/h4-7,14-16,29-30H,8-13,17-20H2,1-3H3,(H,35,41)(H,36,43)/t29-,30-/m0/s1. The van der Waals surface area contributed by atoms with Gasteiger partial charge < -0.3 is 39.3 Å². The van der Waals surface area contributed by atoms with E-state index in [4.69, 9.17) is 14.0 Å². The van der Waals surface area contributed by atoms with Crippen molar-refractivity contribution in [3.8, 4) is 11.5 Å². The third-order valence-corrected chi connectivity index (χ3v) is 8.98. The number of nitrogens with zero attached hydrogens (tertiary/aromatic N) is 4. The van der Waals surface area contributed by atoms with Crippen LogP contribution >= 0.6 is 0 Å². The van der Waals surface area contributed by atoms with E-state index in [2.05, 4.69) is 20.7 Å². The molecule has 0 unspecified atom stereocenters. The lowest BCUT2D eigenvalue weighted by Gasteiger charge is -2.32. The number of likely N-dealkylation sites (N-methyl/N-ethyl adjacent to an activating group) is 1. The van der Waals surface area contributed by atoms with Crippen molar-refractivity contribution in [3.05, 3.63) is 76.2 Å². The SMILES string of the molecule is Cc1noc(C)c1CCC(=O)N1C[C@@H]2NC(=O)c3cc(cc(C(=O)N4CCN(C)CC4)c3)OCC(=O)NCc3ccc(cc3)O[C@H]2C1. The number of nitrogens with one attached hydrogen (secondary N) is 2. The number of benzene rings is 2. The Kier molecular flexibility index (Phi) is 9.43. The summed E-state index contributed by atoms with van der Waals surface area (Å²) < 4.78 is 17.4. The van der Waals surface area contributed by atoms with E-state index < -0.39 is 18.1 Å². The minimum absolute atomic E-state index is 0.0703. The van der Waals surface area contributed by atoms with E-state index in [-0.39, 0.29) is 61.7 Å². The lowest BCUT2D eigenvalue weighted by molar-refractivity contribution is -0.130. The van der Waals surface area contributed by atoms with Gasteiger partial charge in [0, 0.05) is 62.4 Å². The molecule has 2 saturated heterocycles. The van der Waals surface area contributed by atoms with Crippen LogP contribution in [-0.4, -0.2) is 109 Å². The van der Waals surface area contributed by atoms with Crippen molar-refractivity contribution in [2.24, 2.45) is 0 Å². The van der Waals surface area contributed by atoms with Crippen molar-refractivity contribution in [3.63, 3.8) is 0 Å². The number of piperazine rings is 1. The fourth-order valence-corrected chi connectivity index (χ4v) is 6.13. The molecule has 2 atom stereocenters. The Morgan fingerprint density at radius 3 is 2.45 bits per heavy atom. The molecule has 2 aromatic carbocycles. The molecule has 2 fully saturated rings. The van der Waals surface area contributed by atoms with Crippen molar-refractivity contribution in [2.45, 2.75) is 45.4 Å². The summed E-state index contributed by atoms with van der Waals surface area (Å²) in [7, 11) is 2.01. The van der Waals surface area contributed by atoms with Crippen LogP contribution in [0, 0.1) is 13.8 Å². The van der Waals surface area contributed by atoms with Crippen LogP contribution in [0.2, 0.25) is 0 Å². The molecule has 4 aliphatic heterocycles. The maximum atomic E-state index is 13.8. The molecule has 1 aromatic heterocycles. The van der Waals surface area contributed by atoms with E-state index in [9.17, 15) is 19.2 Å². The zero-order chi connectivity index (χ0) is 33.1. The molecule has 7 rings (SSSR count). The number of hydrogen-bond acceptors (Lipinski definition) is 9. The summed E-state index contributed by atoms with van der Waals surface area (Å²) in [6.45, 7) is 6.82. The number of carbonyl (C=O) groups excluding carboxylic acids is 4. The number of hydrogen-bond donors (Lipinski definition) is 2. The number of rotatable bonds is 4. The van der Waals surface area contributed by atoms with Crippen molar-refractivity contribution < 1.29 is 33.2 Å². The zero-order valence-corrected chi connectivity index (χ0v) is 26.9. The smallest absolute Gasteiger partial charge is 0.258 e. The predicted molar refractivity (Wildman–Crippen MR) is 170 cm³/mol. The molecule has 4 amide bonds. The van der Waals surface area contributed by atoms with Crippen LogP contribution in [0.15, 0.2) is 47.0 Å². The number of ether oxygens (including phenoxy) is 2. The van der Waals surface area contributed by atoms with Crippen molar-refractivity contribution in [1.29, 1.82) is 0 Å². The van der Waals surface area contributed by atoms with Crippen LogP contribution in [0.4, 0.5) is 0 Å². The highest BCUT2D eigenvalue weighted by Gasteiger charge is 2.38. The molecular weight excluding hydrogens is 604 g/mol. The quantitative estimate of drug-likeness (QED) is 0.434. The molecule has 0 saturated carbocycles. The van der Waals surface area contributed by atoms with Crippen LogP contribution in [0.5, 0.6) is 11.5 Å². The van der Waals surface area contributed by atoms with Crippen LogP contribution in [-0.2, 0) is 22.6 Å². The van der Waals surface area contributed by atoms with Gasteiger partial charge >= 0.3 is 0 Å². The second-order valence-electron chi connectivity index (χ2n) is 12.4. The number of amides is 4. The number of aromatic nitrogens is 1. The molecule has 3 aromatic rings. The van der Waals surface area contributed by atoms with Gasteiger partial charge in [0.1, 0.15) is 23.4 Å². The van der Waals surface area contributed by atoms with E-state index in [0.29, 0.717) is 36.6 Å². The molecule has 248 valence electrons. The average molecular weight is 645 g/mol. The molecular formula is C34H40N6O7. The Balaban J connectivity index is 1.26. The molecule has 5 heterocycles. The maximum Gasteiger partial charge on any atom is 0.258 e. The first-order chi connectivity index (χ1) is 22.6. The first kappa shape index (κ1) is 32.0. The van der Waals surface area contributed by atoms with Crippen LogP contribution in [0.25, 0.3) is 0 Å². The molecule has 13 heteroatoms. The molecule has 0 aliphatic carbocycles. The topological polar surface area (TPSA) is 147 Å². The van der Waals surface area contributed by atoms with E-state index in [1.165, 1.54) is 6.07 Å². The Bertz CT molecular complexity index is 1630. The summed E-state index contributed by atoms with van der Waals surface area (Å²) in [6, 6.07) is 11.4. The highest BCUT2D eigenvalue weighted by atomic mass is 16.5. The van der Waals surface area contributed by atoms with Gasteiger partial charge in [-0.25, -0.2) is 0 Å². The Hall–Kier alpha value is -4.91. The first-order valence-electron chi connectivity index (χ1n) is 15.9. The summed E-state index contributed by atoms with van der Waals surface area (Å²) in [5, 5.41) is 9.87. The summed E-state index contributed by atoms with van der Waals surface area (Å²) >= 11 is 0. The van der Waals surface area contributed by atoms with Crippen LogP contribution < -0.4 is 20.1 Å². The first-order valence-corrected chi connectivity index (χ1v) is 15.9. The van der Waals surface area contributed by atoms with Gasteiger partial charge in [-0.15, -0.1) is 0 Å². The summed E-state index contributed by atoms with van der Waals surface area (Å²) in [5.41, 5.74) is 3.05. The summed E-state index contributed by atoms with van der Waals surface area (Å²) in [6.07, 6.45) is 0.219. The molecule has 4 aliphatic rings. The lowest BCUT2D eigenvalue weighted by atomic mass is 10.1. The highest BCUT2D eigenvalue weighted by molar-refractivity contribution is 6.00. The molecule has 47 heavy (non-hydrogen) atoms. The monoisotopic (exact) mass is 644 g/mol. The minimum Gasteiger partial charge on any atom is -0.486 e. The van der Waals surface area contributed by atoms with Gasteiger partial charge in [-0.05, 0) is 63.2 Å². The lowest BCUT2D eigenvalue weighted by Crippen LogP contribution is -2.47. The van der Waals surface area contributed by atoms with E-state index in [0.717, 1.165) is 29.9 Å². The van der Waals surface area contributed by atoms with E-state index in [1.807, 2.05) is 33.0 Å². The fraction of sp³-hybridized carbons (Fsp3) is 0.441. The largest absolute Gasteiger partial charge is 0.486 e. The predicted octanol–water partition coefficient (Wildman–Crippen LogP) is 1.71. The fourth-order valence-electron chi connectivity index (χ4n) is 6.13. The average Bonchev–Trinajstić information content (AvgIpc) is 3.62. The van der Waals surface area contributed by atoms with Gasteiger partial charge in [0.25, 0.3) is 17.7 Å². The van der Waals surface area contributed by atoms with Gasteiger partial charge in [0.2, 0.25) is 5.91 Å². The number of aryl methyl sites for hydroxylation is 2. The highest BCUT2D eigenvalue weighted by Crippen LogP contribution is 2.24. The van der Waals surface area contributed by atoms with Crippen molar-refractivity contribution >= 4 is 23.6 Å². The number of fused-ring (bicyclic) bond motifs is 7. The number of likely N-dealkylation sites (tertiary alicyclic amines) is 1. The maximum absolute atomic E-state index is 13.8. The third-order valence-electron chi connectivity index (χ3n) is 8.98. The summed E-state index contributed by atoms with van der Waals surface area (Å²) in [4.78, 5) is 59.0. The third kappa shape index (κ3) is 7.57. The van der Waals surface area contributed by atoms with Gasteiger partial charge in [-0.1, -0.05) is 17.3 Å². The molecule has 4 bridgehead atoms. The van der Waals surface area contributed by atoms with E-state index in [1.54, 1.807) is 34.1 Å². The van der Waals surface area contributed by atoms with Crippen molar-refractivity contribution in [1.82, 2.24) is 30.5 Å². The zero-order valence-electron chi connectivity index (χ0n) is 26.9. The van der Waals surface area contributed by atoms with E-state index >= 15 is 0 Å². The number of carbonyl (C=O) groups is 4. The Morgan fingerprint density at radius 2 is 1.72 bits per heavy atom. The molecule has 2 N–H and O–H groups in total. The van der Waals surface area contributed by atoms with Gasteiger partial charge in [-0.2, -0.15) is 0 Å². The minimum atomic E-state index is -0.537. The summed E-state index contributed by atoms with van der Waals surface area (Å²) in [5.74, 6) is 0.423. The van der Waals surface area contributed by atoms with Crippen LogP contribution in [0.3, 0.4) is 0 Å². The van der Waals surface area contributed by atoms with Crippen LogP contribution in [0.1, 0.15) is 49.7 Å². The molecule has 0 radical (unpaired) electrons. The second-order valence-corrected chi connectivity index (χ2v) is 12.4. The van der Waals surface area contributed by atoms with Gasteiger partial charge in [-0.3, -0.25) is 19.2 Å². The van der Waals surface area contributed by atoms with Gasteiger partial charge in [0.05, 0.1) is 18.3 Å². The Morgan fingerprint density at radius 1 is 0.957 bits per heavy atom. The second kappa shape index (κ2) is 13.8.